The smallest absolute Gasteiger partial charge is 0.333 e. The fraction of sp³-hybridized carbons (Fsp3) is 0.162. The summed E-state index contributed by atoms with van der Waals surface area (Å²) in [4.78, 5) is 48.2. The molecule has 0 aliphatic carbocycles. The van der Waals surface area contributed by atoms with E-state index in [-0.39, 0.29) is 11.5 Å². The Balaban J connectivity index is 0.673. The number of ether oxygens (including phenoxy) is 1. The quantitative estimate of drug-likeness (QED) is 0.0204. The van der Waals surface area contributed by atoms with Gasteiger partial charge in [-0.1, -0.05) is 102 Å². The number of nitriles is 1. The van der Waals surface area contributed by atoms with E-state index >= 15 is 0 Å². The maximum atomic E-state index is 11.5. The van der Waals surface area contributed by atoms with Gasteiger partial charge in [0.05, 0.1) is 6.57 Å². The van der Waals surface area contributed by atoms with Gasteiger partial charge in [-0.05, 0) is 165 Å². The molecule has 19 heteroatoms. The molecule has 0 saturated carbocycles. The van der Waals surface area contributed by atoms with Crippen molar-refractivity contribution in [2.75, 3.05) is 4.90 Å². The summed E-state index contributed by atoms with van der Waals surface area (Å²) in [5.74, 6) is -0.514. The molecule has 7 nitrogen and oxygen atoms in total. The van der Waals surface area contributed by atoms with Crippen molar-refractivity contribution in [3.05, 3.63) is 184 Å². The van der Waals surface area contributed by atoms with Crippen LogP contribution in [0.3, 0.4) is 0 Å². The normalized spacial score (nSPS) is 14.1. The van der Waals surface area contributed by atoms with Gasteiger partial charge in [0.15, 0.2) is 0 Å². The standard InChI is InChI=1S/C74H57N3O4S10Si2/c1-8-10-11-41(9-2)28-42-12-18-45(19-13-42)77(46-20-14-43(15-21-46)52-24-26-54(84-52)62-35-66-70(88-62)72-68(92(66,4)5)37-64(90-72)60-33-58-56(86-60)31-49(82-58)29-48(39-75)81-40-78)47-22-16-44(17-23-47)53-25-27-55(85-53)63-36-67-71(89-63)73-69(93(67,6)7)38-65(91-73)61-34-59-57(87-61)32-50(83-59)30-51(76-3)74(79)80/h12-27,29-38,40-41H,8-11,28H2,1-2,4-7H3,(H,79,80)/b48-29+,51-30-. The Morgan fingerprint density at radius 1 is 0.548 bits per heavy atom. The minimum atomic E-state index is -1.95. The topological polar surface area (TPSA) is 95.0 Å². The zero-order valence-corrected chi connectivity index (χ0v) is 61.5. The molecule has 12 heterocycles. The van der Waals surface area contributed by atoms with Crippen molar-refractivity contribution in [2.45, 2.75) is 72.1 Å². The van der Waals surface area contributed by atoms with Crippen molar-refractivity contribution in [3.63, 3.8) is 0 Å². The molecule has 0 saturated heterocycles. The number of carboxylic acid groups (broad SMARTS) is 1. The molecular formula is C74H57N3O4S10Si2. The first kappa shape index (κ1) is 62.0. The number of carboxylic acids is 1. The van der Waals surface area contributed by atoms with Crippen molar-refractivity contribution in [1.82, 2.24) is 0 Å². The molecule has 15 rings (SSSR count). The monoisotopic (exact) mass is 1430 g/mol. The summed E-state index contributed by atoms with van der Waals surface area (Å²) in [6.07, 6.45) is 9.18. The van der Waals surface area contributed by atoms with Gasteiger partial charge in [-0.3, -0.25) is 9.59 Å². The highest BCUT2D eigenvalue weighted by Crippen LogP contribution is 2.51. The highest BCUT2D eigenvalue weighted by atomic mass is 32.1. The lowest BCUT2D eigenvalue weighted by Crippen LogP contribution is -2.48. The van der Waals surface area contributed by atoms with Crippen LogP contribution < -0.4 is 25.6 Å². The summed E-state index contributed by atoms with van der Waals surface area (Å²) in [5, 5.41) is 24.9. The van der Waals surface area contributed by atoms with Crippen molar-refractivity contribution in [2.24, 2.45) is 5.92 Å². The zero-order chi connectivity index (χ0) is 64.0. The molecule has 460 valence electrons. The van der Waals surface area contributed by atoms with Gasteiger partial charge in [0.25, 0.3) is 12.2 Å². The maximum Gasteiger partial charge on any atom is 0.333 e. The van der Waals surface area contributed by atoms with E-state index in [9.17, 15) is 20.0 Å². The van der Waals surface area contributed by atoms with Gasteiger partial charge in [-0.15, -0.1) is 113 Å². The Labute approximate surface area is 581 Å². The fourth-order valence-corrected chi connectivity index (χ4v) is 34.2. The lowest BCUT2D eigenvalue weighted by Gasteiger charge is -2.26. The number of anilines is 3. The van der Waals surface area contributed by atoms with E-state index < -0.39 is 22.1 Å². The fourth-order valence-electron chi connectivity index (χ4n) is 12.8. The van der Waals surface area contributed by atoms with Gasteiger partial charge in [-0.25, -0.2) is 4.85 Å². The van der Waals surface area contributed by atoms with Gasteiger partial charge in [0.1, 0.15) is 22.2 Å². The van der Waals surface area contributed by atoms with E-state index in [2.05, 4.69) is 189 Å². The molecule has 1 N–H and O–H groups in total. The van der Waals surface area contributed by atoms with Gasteiger partial charge in [0.2, 0.25) is 5.76 Å². The van der Waals surface area contributed by atoms with E-state index in [1.807, 2.05) is 80.2 Å². The molecule has 13 aromatic rings. The number of nitrogens with zero attached hydrogens (tertiary/aromatic N) is 3. The number of carbonyl (C=O) groups is 2. The number of fused-ring (bicyclic) bond motifs is 8. The molecule has 0 fully saturated rings. The predicted molar refractivity (Wildman–Crippen MR) is 412 cm³/mol. The first-order chi connectivity index (χ1) is 45.1. The SMILES string of the molecule is [C-]#[N+]/C(=C\c1cc2sc(-c3cc4c(s3)-c3sc(-c5ccc(-c6ccc(N(c7ccc(CC(CC)CCCC)cc7)c7ccc(-c8ccc(-c9cc%10c(s9)-c9sc(-c%11cc%12sc(/C=C(\C#N)OC=O)cc%12s%11)cc9[Si]%10(C)C)s8)cc7)cc6)s5)cc3[Si]4(C)C)cc2s1)C(=O)O. The third kappa shape index (κ3) is 11.4. The Bertz CT molecular complexity index is 5180. The minimum absolute atomic E-state index is 0.00897. The molecule has 0 bridgehead atoms. The lowest BCUT2D eigenvalue weighted by molar-refractivity contribution is -0.132. The van der Waals surface area contributed by atoms with Gasteiger partial charge >= 0.3 is 5.97 Å². The Morgan fingerprint density at radius 2 is 0.957 bits per heavy atom. The minimum Gasteiger partial charge on any atom is -0.486 e. The highest BCUT2D eigenvalue weighted by Gasteiger charge is 2.43. The van der Waals surface area contributed by atoms with Crippen LogP contribution in [0.15, 0.2) is 157 Å². The average molecular weight is 1430 g/mol. The number of benzene rings is 3. The summed E-state index contributed by atoms with van der Waals surface area (Å²) in [5.41, 5.74) is 6.90. The van der Waals surface area contributed by atoms with E-state index in [4.69, 9.17) is 11.3 Å². The van der Waals surface area contributed by atoms with E-state index in [0.29, 0.717) is 12.4 Å². The Kier molecular flexibility index (Phi) is 16.6. The van der Waals surface area contributed by atoms with Crippen LogP contribution in [0, 0.1) is 23.8 Å². The highest BCUT2D eigenvalue weighted by molar-refractivity contribution is 7.37. The number of thiophene rings is 10. The summed E-state index contributed by atoms with van der Waals surface area (Å²) < 4.78 is 9.38. The zero-order valence-electron chi connectivity index (χ0n) is 51.3. The average Bonchev–Trinajstić information content (AvgIpc) is 1.56. The van der Waals surface area contributed by atoms with E-state index in [1.165, 1.54) is 149 Å². The van der Waals surface area contributed by atoms with Crippen molar-refractivity contribution < 1.29 is 19.4 Å². The van der Waals surface area contributed by atoms with Crippen LogP contribution in [-0.2, 0) is 20.7 Å². The van der Waals surface area contributed by atoms with E-state index in [1.54, 1.807) is 40.1 Å². The predicted octanol–water partition coefficient (Wildman–Crippen LogP) is 22.8. The van der Waals surface area contributed by atoms with Gasteiger partial charge < -0.3 is 14.7 Å². The third-order valence-corrected chi connectivity index (χ3v) is 38.0. The Hall–Kier alpha value is -7.19. The van der Waals surface area contributed by atoms with Crippen molar-refractivity contribution in [3.8, 4) is 85.5 Å². The van der Waals surface area contributed by atoms with Crippen LogP contribution in [0.1, 0.15) is 54.8 Å². The van der Waals surface area contributed by atoms with Gasteiger partial charge in [-0.2, -0.15) is 5.26 Å². The molecule has 10 aromatic heterocycles. The van der Waals surface area contributed by atoms with Crippen LogP contribution in [0.4, 0.5) is 17.1 Å². The molecule has 3 aromatic carbocycles. The summed E-state index contributed by atoms with van der Waals surface area (Å²) in [7, 11) is -3.89. The van der Waals surface area contributed by atoms with Crippen molar-refractivity contribution in [1.29, 1.82) is 5.26 Å². The number of rotatable bonds is 20. The van der Waals surface area contributed by atoms with Crippen LogP contribution in [0.2, 0.25) is 26.2 Å². The van der Waals surface area contributed by atoms with Crippen LogP contribution in [0.25, 0.3) is 115 Å². The third-order valence-electron chi connectivity index (χ3n) is 17.9. The van der Waals surface area contributed by atoms with Crippen LogP contribution in [0.5, 0.6) is 0 Å². The number of allylic oxidation sites excluding steroid dienone is 1. The Morgan fingerprint density at radius 3 is 1.35 bits per heavy atom. The maximum absolute atomic E-state index is 11.5. The summed E-state index contributed by atoms with van der Waals surface area (Å²) >= 11 is 18.1. The number of aliphatic carboxylic acids is 1. The largest absolute Gasteiger partial charge is 0.486 e. The second-order valence-corrected chi connectivity index (χ2v) is 43.9. The lowest BCUT2D eigenvalue weighted by atomic mass is 9.92. The molecule has 1 atom stereocenters. The molecule has 93 heavy (non-hydrogen) atoms. The second-order valence-electron chi connectivity index (χ2n) is 24.5. The number of hydrogen-bond acceptors (Lipinski definition) is 15. The number of hydrogen-bond donors (Lipinski definition) is 1. The molecule has 2 aliphatic rings. The molecule has 0 amide bonds. The second kappa shape index (κ2) is 24.9. The van der Waals surface area contributed by atoms with Crippen molar-refractivity contribution >= 4 is 211 Å². The molecule has 0 spiro atoms. The van der Waals surface area contributed by atoms with E-state index in [0.717, 1.165) is 52.0 Å². The molecule has 1 unspecified atom stereocenters. The molecule has 2 aliphatic heterocycles. The van der Waals surface area contributed by atoms with Crippen LogP contribution >= 0.6 is 113 Å². The molecular weight excluding hydrogens is 1370 g/mol. The summed E-state index contributed by atoms with van der Waals surface area (Å²) in [6.45, 7) is 22.1. The number of carbonyl (C=O) groups excluding carboxylic acids is 1. The number of unbranched alkanes of at least 4 members (excludes halogenated alkanes) is 1. The summed E-state index contributed by atoms with van der Waals surface area (Å²) in [6, 6.07) is 57.2. The first-order valence-corrected chi connectivity index (χ1v) is 44.7. The van der Waals surface area contributed by atoms with Gasteiger partial charge in [0, 0.05) is 120 Å². The van der Waals surface area contributed by atoms with Crippen LogP contribution in [-0.4, -0.2) is 33.7 Å². The molecule has 0 radical (unpaired) electrons. The first-order valence-electron chi connectivity index (χ1n) is 30.6.